The zero-order valence-corrected chi connectivity index (χ0v) is 14.8. The molecule has 2 aromatic rings. The number of sulfonamides is 1. The van der Waals surface area contributed by atoms with Crippen molar-refractivity contribution < 1.29 is 13.2 Å². The first-order valence-corrected chi connectivity index (χ1v) is 9.47. The van der Waals surface area contributed by atoms with Crippen molar-refractivity contribution in [3.05, 3.63) is 53.6 Å². The van der Waals surface area contributed by atoms with Crippen LogP contribution in [0.25, 0.3) is 0 Å². The van der Waals surface area contributed by atoms with Gasteiger partial charge >= 0.3 is 0 Å². The molecular weight excluding hydrogens is 324 g/mol. The minimum absolute atomic E-state index is 0.311. The summed E-state index contributed by atoms with van der Waals surface area (Å²) < 4.78 is 33.2. The van der Waals surface area contributed by atoms with Crippen molar-refractivity contribution in [2.45, 2.75) is 18.7 Å². The average molecular weight is 346 g/mol. The Labute approximate surface area is 143 Å². The smallest absolute Gasteiger partial charge is 0.262 e. The second-order valence-electron chi connectivity index (χ2n) is 6.02. The second-order valence-corrected chi connectivity index (χ2v) is 7.67. The van der Waals surface area contributed by atoms with Crippen LogP contribution in [0.5, 0.6) is 0 Å². The first-order valence-electron chi connectivity index (χ1n) is 7.98. The summed E-state index contributed by atoms with van der Waals surface area (Å²) in [5, 5.41) is 0. The molecule has 0 atom stereocenters. The van der Waals surface area contributed by atoms with E-state index in [0.29, 0.717) is 10.6 Å². The van der Waals surface area contributed by atoms with Crippen molar-refractivity contribution in [2.75, 3.05) is 35.9 Å². The van der Waals surface area contributed by atoms with Gasteiger partial charge in [0.15, 0.2) is 0 Å². The van der Waals surface area contributed by atoms with Crippen LogP contribution in [-0.4, -0.2) is 34.7 Å². The Bertz CT molecular complexity index is 811. The molecule has 1 saturated heterocycles. The summed E-state index contributed by atoms with van der Waals surface area (Å²) in [5.74, 6) is 0. The Kier molecular flexibility index (Phi) is 4.78. The largest absolute Gasteiger partial charge is 0.378 e. The molecule has 1 heterocycles. The van der Waals surface area contributed by atoms with E-state index in [1.165, 1.54) is 0 Å². The number of benzene rings is 2. The van der Waals surface area contributed by atoms with Crippen molar-refractivity contribution in [3.63, 3.8) is 0 Å². The highest BCUT2D eigenvalue weighted by Gasteiger charge is 2.17. The summed E-state index contributed by atoms with van der Waals surface area (Å²) in [7, 11) is -3.58. The van der Waals surface area contributed by atoms with Crippen molar-refractivity contribution >= 4 is 21.4 Å². The molecule has 1 N–H and O–H groups in total. The predicted octanol–water partition coefficient (Wildman–Crippen LogP) is 2.94. The summed E-state index contributed by atoms with van der Waals surface area (Å²) in [6.07, 6.45) is 0. The Morgan fingerprint density at radius 3 is 2.29 bits per heavy atom. The van der Waals surface area contributed by atoms with Crippen molar-refractivity contribution in [1.29, 1.82) is 0 Å². The zero-order valence-electron chi connectivity index (χ0n) is 14.0. The number of hydrogen-bond acceptors (Lipinski definition) is 4. The molecular formula is C18H22N2O3S. The van der Waals surface area contributed by atoms with Crippen molar-refractivity contribution in [1.82, 2.24) is 0 Å². The molecule has 1 aliphatic rings. The SMILES string of the molecule is Cc1ccc(S(=O)(=O)Nc2ccc(N3CCOCC3)cc2)c(C)c1. The molecule has 24 heavy (non-hydrogen) atoms. The molecule has 3 rings (SSSR count). The highest BCUT2D eigenvalue weighted by atomic mass is 32.2. The van der Waals surface area contributed by atoms with Gasteiger partial charge in [-0.05, 0) is 49.7 Å². The standard InChI is InChI=1S/C18H22N2O3S/c1-14-3-8-18(15(2)13-14)24(21,22)19-16-4-6-17(7-5-16)20-9-11-23-12-10-20/h3-8,13,19H,9-12H2,1-2H3. The molecule has 6 heteroatoms. The molecule has 1 aliphatic heterocycles. The molecule has 0 spiro atoms. The fourth-order valence-electron chi connectivity index (χ4n) is 2.87. The highest BCUT2D eigenvalue weighted by Crippen LogP contribution is 2.23. The Morgan fingerprint density at radius 2 is 1.67 bits per heavy atom. The van der Waals surface area contributed by atoms with Gasteiger partial charge in [-0.3, -0.25) is 4.72 Å². The van der Waals surface area contributed by atoms with Crippen LogP contribution in [0.1, 0.15) is 11.1 Å². The van der Waals surface area contributed by atoms with Gasteiger partial charge in [0.2, 0.25) is 0 Å². The molecule has 128 valence electrons. The van der Waals surface area contributed by atoms with Crippen LogP contribution in [0.3, 0.4) is 0 Å². The van der Waals surface area contributed by atoms with Crippen LogP contribution in [0, 0.1) is 13.8 Å². The molecule has 0 bridgehead atoms. The van der Waals surface area contributed by atoms with Gasteiger partial charge < -0.3 is 9.64 Å². The minimum Gasteiger partial charge on any atom is -0.378 e. The van der Waals surface area contributed by atoms with Crippen LogP contribution in [0.4, 0.5) is 11.4 Å². The second kappa shape index (κ2) is 6.83. The lowest BCUT2D eigenvalue weighted by molar-refractivity contribution is 0.122. The summed E-state index contributed by atoms with van der Waals surface area (Å²) in [6, 6.07) is 12.8. The van der Waals surface area contributed by atoms with Crippen LogP contribution < -0.4 is 9.62 Å². The first-order chi connectivity index (χ1) is 11.5. The Morgan fingerprint density at radius 1 is 1.00 bits per heavy atom. The number of nitrogens with zero attached hydrogens (tertiary/aromatic N) is 1. The maximum Gasteiger partial charge on any atom is 0.262 e. The quantitative estimate of drug-likeness (QED) is 0.925. The fraction of sp³-hybridized carbons (Fsp3) is 0.333. The summed E-state index contributed by atoms with van der Waals surface area (Å²) in [5.41, 5.74) is 3.42. The summed E-state index contributed by atoms with van der Waals surface area (Å²) in [4.78, 5) is 2.54. The number of ether oxygens (including phenoxy) is 1. The van der Waals surface area contributed by atoms with Gasteiger partial charge in [0.05, 0.1) is 18.1 Å². The molecule has 0 aromatic heterocycles. The third-order valence-electron chi connectivity index (χ3n) is 4.12. The monoisotopic (exact) mass is 346 g/mol. The van der Waals surface area contributed by atoms with E-state index in [4.69, 9.17) is 4.74 Å². The zero-order chi connectivity index (χ0) is 17.2. The molecule has 0 radical (unpaired) electrons. The molecule has 2 aromatic carbocycles. The van der Waals surface area contributed by atoms with Gasteiger partial charge in [0, 0.05) is 24.5 Å². The number of hydrogen-bond donors (Lipinski definition) is 1. The van der Waals surface area contributed by atoms with Gasteiger partial charge in [0.1, 0.15) is 0 Å². The Balaban J connectivity index is 1.77. The van der Waals surface area contributed by atoms with E-state index in [1.54, 1.807) is 18.2 Å². The molecule has 1 fully saturated rings. The van der Waals surface area contributed by atoms with Gasteiger partial charge in [-0.2, -0.15) is 0 Å². The van der Waals surface area contributed by atoms with Crippen LogP contribution in [0.2, 0.25) is 0 Å². The maximum atomic E-state index is 12.6. The lowest BCUT2D eigenvalue weighted by Crippen LogP contribution is -2.36. The van der Waals surface area contributed by atoms with Crippen molar-refractivity contribution in [2.24, 2.45) is 0 Å². The van der Waals surface area contributed by atoms with Gasteiger partial charge in [-0.15, -0.1) is 0 Å². The number of morpholine rings is 1. The van der Waals surface area contributed by atoms with Gasteiger partial charge in [-0.25, -0.2) is 8.42 Å². The van der Waals surface area contributed by atoms with E-state index in [9.17, 15) is 8.42 Å². The first kappa shape index (κ1) is 16.8. The molecule has 0 unspecified atom stereocenters. The summed E-state index contributed by atoms with van der Waals surface area (Å²) in [6.45, 7) is 6.91. The predicted molar refractivity (Wildman–Crippen MR) is 96.2 cm³/mol. The average Bonchev–Trinajstić information content (AvgIpc) is 2.55. The van der Waals surface area contributed by atoms with E-state index < -0.39 is 10.0 Å². The van der Waals surface area contributed by atoms with E-state index in [1.807, 2.05) is 38.1 Å². The minimum atomic E-state index is -3.58. The van der Waals surface area contributed by atoms with E-state index >= 15 is 0 Å². The summed E-state index contributed by atoms with van der Waals surface area (Å²) >= 11 is 0. The van der Waals surface area contributed by atoms with Crippen LogP contribution in [0.15, 0.2) is 47.4 Å². The number of nitrogens with one attached hydrogen (secondary N) is 1. The molecule has 0 saturated carbocycles. The van der Waals surface area contributed by atoms with Crippen LogP contribution >= 0.6 is 0 Å². The number of rotatable bonds is 4. The highest BCUT2D eigenvalue weighted by molar-refractivity contribution is 7.92. The number of anilines is 2. The number of aryl methyl sites for hydroxylation is 2. The molecule has 5 nitrogen and oxygen atoms in total. The fourth-order valence-corrected chi connectivity index (χ4v) is 4.16. The van der Waals surface area contributed by atoms with E-state index in [2.05, 4.69) is 9.62 Å². The topological polar surface area (TPSA) is 58.6 Å². The third-order valence-corrected chi connectivity index (χ3v) is 5.66. The van der Waals surface area contributed by atoms with E-state index in [0.717, 1.165) is 43.1 Å². The van der Waals surface area contributed by atoms with E-state index in [-0.39, 0.29) is 0 Å². The Hall–Kier alpha value is -2.05. The van der Waals surface area contributed by atoms with Crippen LogP contribution in [-0.2, 0) is 14.8 Å². The van der Waals surface area contributed by atoms with Crippen molar-refractivity contribution in [3.8, 4) is 0 Å². The lowest BCUT2D eigenvalue weighted by Gasteiger charge is -2.28. The lowest BCUT2D eigenvalue weighted by atomic mass is 10.2. The third kappa shape index (κ3) is 3.71. The van der Waals surface area contributed by atoms with Gasteiger partial charge in [0.25, 0.3) is 10.0 Å². The maximum absolute atomic E-state index is 12.6. The molecule has 0 amide bonds. The van der Waals surface area contributed by atoms with Gasteiger partial charge in [-0.1, -0.05) is 17.7 Å². The normalized spacial score (nSPS) is 15.3. The molecule has 0 aliphatic carbocycles.